The van der Waals surface area contributed by atoms with E-state index in [0.717, 1.165) is 11.3 Å². The van der Waals surface area contributed by atoms with Gasteiger partial charge in [-0.15, -0.1) is 0 Å². The molecule has 0 aliphatic rings. The van der Waals surface area contributed by atoms with E-state index in [2.05, 4.69) is 16.0 Å². The van der Waals surface area contributed by atoms with E-state index in [1.54, 1.807) is 6.92 Å². The van der Waals surface area contributed by atoms with E-state index in [9.17, 15) is 4.79 Å². The van der Waals surface area contributed by atoms with Crippen molar-refractivity contribution in [3.63, 3.8) is 0 Å². The van der Waals surface area contributed by atoms with Crippen LogP contribution in [0.5, 0.6) is 0 Å². The fraction of sp³-hybridized carbons (Fsp3) is 0.231. The summed E-state index contributed by atoms with van der Waals surface area (Å²) in [5.41, 5.74) is 4.70. The van der Waals surface area contributed by atoms with E-state index >= 15 is 0 Å². The summed E-state index contributed by atoms with van der Waals surface area (Å²) in [6.07, 6.45) is 1.45. The highest BCUT2D eigenvalue weighted by molar-refractivity contribution is 5.63. The number of hydrogen-bond acceptors (Lipinski definition) is 2. The zero-order chi connectivity index (χ0) is 11.7. The van der Waals surface area contributed by atoms with Crippen LogP contribution in [0.15, 0.2) is 29.3 Å². The third-order valence-electron chi connectivity index (χ3n) is 2.58. The fourth-order valence-corrected chi connectivity index (χ4v) is 1.87. The van der Waals surface area contributed by atoms with E-state index in [4.69, 9.17) is 0 Å². The molecule has 0 fully saturated rings. The molecular weight excluding hydrogens is 200 g/mol. The molecular formula is C13H14N2O. The summed E-state index contributed by atoms with van der Waals surface area (Å²) < 4.78 is 0. The largest absolute Gasteiger partial charge is 0.313 e. The van der Waals surface area contributed by atoms with Gasteiger partial charge in [-0.3, -0.25) is 4.79 Å². The number of nitrogens with zero attached hydrogens (tertiary/aromatic N) is 1. The lowest BCUT2D eigenvalue weighted by atomic mass is 10.0. The van der Waals surface area contributed by atoms with Crippen molar-refractivity contribution < 1.29 is 0 Å². The topological polar surface area (TPSA) is 45.8 Å². The highest BCUT2D eigenvalue weighted by atomic mass is 16.1. The summed E-state index contributed by atoms with van der Waals surface area (Å²) in [6.45, 7) is 5.87. The number of benzene rings is 1. The second-order valence-corrected chi connectivity index (χ2v) is 4.08. The predicted octanol–water partition coefficient (Wildman–Crippen LogP) is 2.36. The van der Waals surface area contributed by atoms with Gasteiger partial charge in [0.25, 0.3) is 5.56 Å². The highest BCUT2D eigenvalue weighted by Crippen LogP contribution is 2.21. The smallest absolute Gasteiger partial charge is 0.254 e. The molecule has 82 valence electrons. The minimum Gasteiger partial charge on any atom is -0.313 e. The van der Waals surface area contributed by atoms with Crippen LogP contribution in [-0.4, -0.2) is 9.97 Å². The van der Waals surface area contributed by atoms with E-state index < -0.39 is 0 Å². The minimum atomic E-state index is -0.0795. The third kappa shape index (κ3) is 1.89. The molecule has 16 heavy (non-hydrogen) atoms. The van der Waals surface area contributed by atoms with Gasteiger partial charge in [0.1, 0.15) is 0 Å². The summed E-state index contributed by atoms with van der Waals surface area (Å²) in [5, 5.41) is 0. The Morgan fingerprint density at radius 3 is 2.31 bits per heavy atom. The molecule has 1 N–H and O–H groups in total. The first-order chi connectivity index (χ1) is 7.58. The normalized spacial score (nSPS) is 10.4. The molecule has 0 saturated carbocycles. The summed E-state index contributed by atoms with van der Waals surface area (Å²) in [7, 11) is 0. The molecule has 0 atom stereocenters. The molecule has 0 saturated heterocycles. The third-order valence-corrected chi connectivity index (χ3v) is 2.58. The van der Waals surface area contributed by atoms with Gasteiger partial charge in [-0.1, -0.05) is 17.2 Å². The van der Waals surface area contributed by atoms with Crippen LogP contribution in [0.2, 0.25) is 0 Å². The molecule has 0 aliphatic carbocycles. The van der Waals surface area contributed by atoms with Crippen molar-refractivity contribution in [2.24, 2.45) is 0 Å². The maximum atomic E-state index is 11.5. The maximum Gasteiger partial charge on any atom is 0.254 e. The Balaban J connectivity index is 2.67. The molecule has 0 bridgehead atoms. The SMILES string of the molecule is Cc1cc(C)cc(-c2nc[nH]c(=O)c2C)c1. The summed E-state index contributed by atoms with van der Waals surface area (Å²) in [4.78, 5) is 18.3. The molecule has 0 spiro atoms. The second-order valence-electron chi connectivity index (χ2n) is 4.08. The fourth-order valence-electron chi connectivity index (χ4n) is 1.87. The highest BCUT2D eigenvalue weighted by Gasteiger charge is 2.06. The number of H-pyrrole nitrogens is 1. The number of rotatable bonds is 1. The molecule has 1 heterocycles. The van der Waals surface area contributed by atoms with Crippen LogP contribution in [0.25, 0.3) is 11.3 Å². The van der Waals surface area contributed by atoms with Crippen LogP contribution in [-0.2, 0) is 0 Å². The molecule has 3 heteroatoms. The zero-order valence-electron chi connectivity index (χ0n) is 9.66. The van der Waals surface area contributed by atoms with Gasteiger partial charge in [-0.25, -0.2) is 4.98 Å². The lowest BCUT2D eigenvalue weighted by molar-refractivity contribution is 1.08. The Bertz CT molecular complexity index is 564. The zero-order valence-corrected chi connectivity index (χ0v) is 9.66. The first kappa shape index (κ1) is 10.6. The van der Waals surface area contributed by atoms with Crippen molar-refractivity contribution in [3.8, 4) is 11.3 Å². The van der Waals surface area contributed by atoms with Gasteiger partial charge in [0.2, 0.25) is 0 Å². The summed E-state index contributed by atoms with van der Waals surface area (Å²) in [5.74, 6) is 0. The molecule has 2 aromatic rings. The number of aryl methyl sites for hydroxylation is 2. The van der Waals surface area contributed by atoms with Crippen molar-refractivity contribution in [1.82, 2.24) is 9.97 Å². The number of aromatic nitrogens is 2. The van der Waals surface area contributed by atoms with Crippen molar-refractivity contribution >= 4 is 0 Å². The number of aromatic amines is 1. The van der Waals surface area contributed by atoms with Crippen LogP contribution in [0.4, 0.5) is 0 Å². The minimum absolute atomic E-state index is 0.0795. The van der Waals surface area contributed by atoms with E-state index in [1.807, 2.05) is 26.0 Å². The molecule has 2 rings (SSSR count). The van der Waals surface area contributed by atoms with Gasteiger partial charge in [0, 0.05) is 11.1 Å². The summed E-state index contributed by atoms with van der Waals surface area (Å²) >= 11 is 0. The Kier molecular flexibility index (Phi) is 2.60. The van der Waals surface area contributed by atoms with Gasteiger partial charge in [0.15, 0.2) is 0 Å². The van der Waals surface area contributed by atoms with Crippen LogP contribution in [0.3, 0.4) is 0 Å². The predicted molar refractivity (Wildman–Crippen MR) is 64.5 cm³/mol. The van der Waals surface area contributed by atoms with Gasteiger partial charge >= 0.3 is 0 Å². The average Bonchev–Trinajstić information content (AvgIpc) is 2.20. The summed E-state index contributed by atoms with van der Waals surface area (Å²) in [6, 6.07) is 6.19. The molecule has 0 amide bonds. The van der Waals surface area contributed by atoms with E-state index in [0.29, 0.717) is 5.56 Å². The lowest BCUT2D eigenvalue weighted by Gasteiger charge is -2.06. The van der Waals surface area contributed by atoms with Gasteiger partial charge in [-0.2, -0.15) is 0 Å². The van der Waals surface area contributed by atoms with Crippen molar-refractivity contribution in [1.29, 1.82) is 0 Å². The Morgan fingerprint density at radius 1 is 1.06 bits per heavy atom. The van der Waals surface area contributed by atoms with Gasteiger partial charge in [0.05, 0.1) is 12.0 Å². The molecule has 0 unspecified atom stereocenters. The monoisotopic (exact) mass is 214 g/mol. The van der Waals surface area contributed by atoms with Crippen LogP contribution < -0.4 is 5.56 Å². The molecule has 1 aromatic heterocycles. The van der Waals surface area contributed by atoms with Crippen LogP contribution in [0, 0.1) is 20.8 Å². The second kappa shape index (κ2) is 3.93. The lowest BCUT2D eigenvalue weighted by Crippen LogP contribution is -2.11. The Hall–Kier alpha value is -1.90. The van der Waals surface area contributed by atoms with E-state index in [1.165, 1.54) is 17.5 Å². The quantitative estimate of drug-likeness (QED) is 0.792. The average molecular weight is 214 g/mol. The Labute approximate surface area is 94.2 Å². The number of nitrogens with one attached hydrogen (secondary N) is 1. The molecule has 0 aliphatic heterocycles. The molecule has 0 radical (unpaired) electrons. The first-order valence-corrected chi connectivity index (χ1v) is 5.21. The van der Waals surface area contributed by atoms with Gasteiger partial charge < -0.3 is 4.98 Å². The van der Waals surface area contributed by atoms with Crippen LogP contribution in [0.1, 0.15) is 16.7 Å². The number of hydrogen-bond donors (Lipinski definition) is 1. The van der Waals surface area contributed by atoms with Crippen molar-refractivity contribution in [2.45, 2.75) is 20.8 Å². The maximum absolute atomic E-state index is 11.5. The first-order valence-electron chi connectivity index (χ1n) is 5.21. The standard InChI is InChI=1S/C13H14N2O/c1-8-4-9(2)6-11(5-8)12-10(3)13(16)15-7-14-12/h4-7H,1-3H3,(H,14,15,16). The van der Waals surface area contributed by atoms with Crippen molar-refractivity contribution in [3.05, 3.63) is 51.6 Å². The van der Waals surface area contributed by atoms with Crippen molar-refractivity contribution in [2.75, 3.05) is 0 Å². The molecule has 3 nitrogen and oxygen atoms in total. The van der Waals surface area contributed by atoms with E-state index in [-0.39, 0.29) is 5.56 Å². The van der Waals surface area contributed by atoms with Gasteiger partial charge in [-0.05, 0) is 32.9 Å². The Morgan fingerprint density at radius 2 is 1.69 bits per heavy atom. The van der Waals surface area contributed by atoms with Crippen LogP contribution >= 0.6 is 0 Å². The molecule has 1 aromatic carbocycles.